The average Bonchev–Trinajstić information content (AvgIpc) is 2.67. The Labute approximate surface area is 95.1 Å². The van der Waals surface area contributed by atoms with Gasteiger partial charge in [-0.1, -0.05) is 5.16 Å². The quantitative estimate of drug-likeness (QED) is 0.825. The highest BCUT2D eigenvalue weighted by Gasteiger charge is 2.15. The number of aromatic nitrogens is 2. The Morgan fingerprint density at radius 3 is 2.94 bits per heavy atom. The molecule has 0 aliphatic carbocycles. The third-order valence-corrected chi connectivity index (χ3v) is 1.95. The van der Waals surface area contributed by atoms with E-state index in [1.165, 1.54) is 0 Å². The van der Waals surface area contributed by atoms with E-state index in [1.807, 2.05) is 0 Å². The minimum atomic E-state index is -0.731. The lowest BCUT2D eigenvalue weighted by Crippen LogP contribution is -2.12. The summed E-state index contributed by atoms with van der Waals surface area (Å²) in [7, 11) is 0. The van der Waals surface area contributed by atoms with Crippen LogP contribution in [0.2, 0.25) is 0 Å². The molecule has 1 aromatic carbocycles. The van der Waals surface area contributed by atoms with Gasteiger partial charge < -0.3 is 9.63 Å². The summed E-state index contributed by atoms with van der Waals surface area (Å²) in [6.45, 7) is 1.58. The molecular weight excluding hydrogens is 229 g/mol. The lowest BCUT2D eigenvalue weighted by molar-refractivity contribution is 0.102. The number of phenolic OH excluding ortho intramolecular Hbond substituents is 1. The SMILES string of the molecule is Cc1noc(NC(=O)c2cc(F)ccc2O)n1. The summed E-state index contributed by atoms with van der Waals surface area (Å²) in [6.07, 6.45) is 0. The molecule has 6 nitrogen and oxygen atoms in total. The number of anilines is 1. The van der Waals surface area contributed by atoms with E-state index in [2.05, 4.69) is 20.0 Å². The average molecular weight is 237 g/mol. The summed E-state index contributed by atoms with van der Waals surface area (Å²) in [4.78, 5) is 15.4. The van der Waals surface area contributed by atoms with E-state index in [0.29, 0.717) is 5.82 Å². The number of amides is 1. The second-order valence-electron chi connectivity index (χ2n) is 3.26. The molecule has 0 atom stereocenters. The Balaban J connectivity index is 2.22. The van der Waals surface area contributed by atoms with Crippen molar-refractivity contribution in [3.63, 3.8) is 0 Å². The van der Waals surface area contributed by atoms with Crippen LogP contribution in [0, 0.1) is 12.7 Å². The van der Waals surface area contributed by atoms with E-state index in [9.17, 15) is 14.3 Å². The van der Waals surface area contributed by atoms with Crippen molar-refractivity contribution in [3.8, 4) is 5.75 Å². The van der Waals surface area contributed by atoms with Crippen LogP contribution in [0.1, 0.15) is 16.2 Å². The molecule has 17 heavy (non-hydrogen) atoms. The lowest BCUT2D eigenvalue weighted by Gasteiger charge is -2.02. The molecule has 2 rings (SSSR count). The summed E-state index contributed by atoms with van der Waals surface area (Å²) in [6, 6.07) is 2.93. The Bertz CT molecular complexity index is 568. The number of hydrogen-bond donors (Lipinski definition) is 2. The monoisotopic (exact) mass is 237 g/mol. The number of benzene rings is 1. The van der Waals surface area contributed by atoms with Gasteiger partial charge in [0.1, 0.15) is 11.6 Å². The fraction of sp³-hybridized carbons (Fsp3) is 0.100. The van der Waals surface area contributed by atoms with Gasteiger partial charge in [-0.25, -0.2) is 4.39 Å². The van der Waals surface area contributed by atoms with Crippen LogP contribution in [0.25, 0.3) is 0 Å². The van der Waals surface area contributed by atoms with Crippen LogP contribution in [0.5, 0.6) is 5.75 Å². The van der Waals surface area contributed by atoms with Gasteiger partial charge in [-0.3, -0.25) is 10.1 Å². The summed E-state index contributed by atoms with van der Waals surface area (Å²) in [5, 5.41) is 15.1. The molecule has 2 aromatic rings. The van der Waals surface area contributed by atoms with Gasteiger partial charge in [-0.15, -0.1) is 0 Å². The van der Waals surface area contributed by atoms with Crippen LogP contribution < -0.4 is 5.32 Å². The topological polar surface area (TPSA) is 88.2 Å². The number of carbonyl (C=O) groups excluding carboxylic acids is 1. The van der Waals surface area contributed by atoms with Crippen molar-refractivity contribution < 1.29 is 18.8 Å². The first-order valence-electron chi connectivity index (χ1n) is 4.66. The largest absolute Gasteiger partial charge is 0.507 e. The number of aromatic hydroxyl groups is 1. The zero-order chi connectivity index (χ0) is 12.4. The standard InChI is InChI=1S/C10H8FN3O3/c1-5-12-10(17-14-5)13-9(16)7-4-6(11)2-3-8(7)15/h2-4,15H,1H3,(H,12,13,14,16). The zero-order valence-corrected chi connectivity index (χ0v) is 8.77. The van der Waals surface area contributed by atoms with E-state index in [4.69, 9.17) is 0 Å². The third kappa shape index (κ3) is 2.39. The summed E-state index contributed by atoms with van der Waals surface area (Å²) >= 11 is 0. The van der Waals surface area contributed by atoms with Crippen molar-refractivity contribution in [2.75, 3.05) is 5.32 Å². The Morgan fingerprint density at radius 2 is 2.29 bits per heavy atom. The van der Waals surface area contributed by atoms with Crippen LogP contribution in [-0.4, -0.2) is 21.2 Å². The van der Waals surface area contributed by atoms with Crippen molar-refractivity contribution in [2.45, 2.75) is 6.92 Å². The molecule has 1 aromatic heterocycles. The van der Waals surface area contributed by atoms with Gasteiger partial charge in [-0.2, -0.15) is 4.98 Å². The lowest BCUT2D eigenvalue weighted by atomic mass is 10.2. The maximum atomic E-state index is 12.9. The fourth-order valence-electron chi connectivity index (χ4n) is 1.20. The molecule has 7 heteroatoms. The number of carbonyl (C=O) groups is 1. The molecule has 0 saturated carbocycles. The molecule has 1 heterocycles. The molecule has 0 aliphatic rings. The number of nitrogens with zero attached hydrogens (tertiary/aromatic N) is 2. The summed E-state index contributed by atoms with van der Waals surface area (Å²) in [5.41, 5.74) is -0.208. The van der Waals surface area contributed by atoms with Crippen LogP contribution >= 0.6 is 0 Å². The van der Waals surface area contributed by atoms with Crippen molar-refractivity contribution in [1.82, 2.24) is 10.1 Å². The molecule has 0 fully saturated rings. The molecule has 2 N–H and O–H groups in total. The van der Waals surface area contributed by atoms with Gasteiger partial charge in [-0.05, 0) is 25.1 Å². The van der Waals surface area contributed by atoms with Gasteiger partial charge in [0.15, 0.2) is 5.82 Å². The van der Waals surface area contributed by atoms with Crippen LogP contribution in [0.4, 0.5) is 10.4 Å². The molecule has 0 aliphatic heterocycles. The Hall–Kier alpha value is -2.44. The zero-order valence-electron chi connectivity index (χ0n) is 8.77. The first-order chi connectivity index (χ1) is 8.06. The van der Waals surface area contributed by atoms with Crippen molar-refractivity contribution >= 4 is 11.9 Å². The number of halogens is 1. The number of rotatable bonds is 2. The van der Waals surface area contributed by atoms with E-state index in [1.54, 1.807) is 6.92 Å². The van der Waals surface area contributed by atoms with E-state index >= 15 is 0 Å². The second-order valence-corrected chi connectivity index (χ2v) is 3.26. The van der Waals surface area contributed by atoms with Crippen LogP contribution in [-0.2, 0) is 0 Å². The highest BCUT2D eigenvalue weighted by atomic mass is 19.1. The molecular formula is C10H8FN3O3. The maximum Gasteiger partial charge on any atom is 0.328 e. The van der Waals surface area contributed by atoms with Gasteiger partial charge in [0.05, 0.1) is 5.56 Å². The van der Waals surface area contributed by atoms with Crippen LogP contribution in [0.3, 0.4) is 0 Å². The normalized spacial score (nSPS) is 10.2. The van der Waals surface area contributed by atoms with Gasteiger partial charge >= 0.3 is 6.01 Å². The predicted octanol–water partition coefficient (Wildman–Crippen LogP) is 1.48. The van der Waals surface area contributed by atoms with Crippen molar-refractivity contribution in [1.29, 1.82) is 0 Å². The Morgan fingerprint density at radius 1 is 1.53 bits per heavy atom. The molecule has 0 radical (unpaired) electrons. The minimum absolute atomic E-state index is 0.115. The second kappa shape index (κ2) is 4.20. The minimum Gasteiger partial charge on any atom is -0.507 e. The summed E-state index contributed by atoms with van der Waals surface area (Å²) in [5.74, 6) is -1.34. The Kier molecular flexibility index (Phi) is 2.73. The molecule has 0 spiro atoms. The molecule has 1 amide bonds. The van der Waals surface area contributed by atoms with Crippen molar-refractivity contribution in [2.24, 2.45) is 0 Å². The summed E-state index contributed by atoms with van der Waals surface area (Å²) < 4.78 is 17.6. The third-order valence-electron chi connectivity index (χ3n) is 1.95. The molecule has 0 bridgehead atoms. The number of hydrogen-bond acceptors (Lipinski definition) is 5. The predicted molar refractivity (Wildman–Crippen MR) is 55.1 cm³/mol. The maximum absolute atomic E-state index is 12.9. The molecule has 0 saturated heterocycles. The highest BCUT2D eigenvalue weighted by Crippen LogP contribution is 2.19. The van der Waals surface area contributed by atoms with Gasteiger partial charge in [0, 0.05) is 0 Å². The first-order valence-corrected chi connectivity index (χ1v) is 4.66. The number of aryl methyl sites for hydroxylation is 1. The molecule has 88 valence electrons. The van der Waals surface area contributed by atoms with Gasteiger partial charge in [0.25, 0.3) is 5.91 Å². The molecule has 0 unspecified atom stereocenters. The number of nitrogens with one attached hydrogen (secondary N) is 1. The van der Waals surface area contributed by atoms with E-state index in [0.717, 1.165) is 18.2 Å². The van der Waals surface area contributed by atoms with E-state index in [-0.39, 0.29) is 17.3 Å². The van der Waals surface area contributed by atoms with E-state index < -0.39 is 11.7 Å². The number of phenols is 1. The van der Waals surface area contributed by atoms with Crippen molar-refractivity contribution in [3.05, 3.63) is 35.4 Å². The van der Waals surface area contributed by atoms with Gasteiger partial charge in [0.2, 0.25) is 0 Å². The van der Waals surface area contributed by atoms with Crippen LogP contribution in [0.15, 0.2) is 22.7 Å². The highest BCUT2D eigenvalue weighted by molar-refractivity contribution is 6.05. The smallest absolute Gasteiger partial charge is 0.328 e. The first kappa shape index (κ1) is 11.1. The fourth-order valence-corrected chi connectivity index (χ4v) is 1.20.